The molecular weight excluding hydrogens is 240 g/mol. The van der Waals surface area contributed by atoms with Gasteiger partial charge in [0.2, 0.25) is 0 Å². The number of hydrogen-bond acceptors (Lipinski definition) is 0. The molecule has 0 bridgehead atoms. The molecule has 0 amide bonds. The summed E-state index contributed by atoms with van der Waals surface area (Å²) in [5.74, 6) is 0. The lowest BCUT2D eigenvalue weighted by Crippen LogP contribution is -2.06. The highest BCUT2D eigenvalue weighted by Crippen LogP contribution is 2.31. The fourth-order valence-corrected chi connectivity index (χ4v) is 2.85. The van der Waals surface area contributed by atoms with Crippen LogP contribution < -0.4 is 0 Å². The Balaban J connectivity index is 2.19. The van der Waals surface area contributed by atoms with Crippen molar-refractivity contribution in [1.29, 1.82) is 0 Å². The van der Waals surface area contributed by atoms with Crippen LogP contribution in [0.3, 0.4) is 0 Å². The highest BCUT2D eigenvalue weighted by molar-refractivity contribution is 6.08. The average Bonchev–Trinajstić information content (AvgIpc) is 2.44. The van der Waals surface area contributed by atoms with Gasteiger partial charge in [0.1, 0.15) is 0 Å². The number of hydrogen-bond donors (Lipinski definition) is 0. The van der Waals surface area contributed by atoms with Crippen LogP contribution in [0.1, 0.15) is 32.8 Å². The molecule has 0 aromatic heterocycles. The summed E-state index contributed by atoms with van der Waals surface area (Å²) in [4.78, 5) is 0. The number of aryl methyl sites for hydroxylation is 1. The smallest absolute Gasteiger partial charge is 0.0103 e. The van der Waals surface area contributed by atoms with Gasteiger partial charge >= 0.3 is 0 Å². The van der Waals surface area contributed by atoms with Crippen molar-refractivity contribution in [2.45, 2.75) is 33.6 Å². The number of rotatable bonds is 2. The summed E-state index contributed by atoms with van der Waals surface area (Å²) >= 11 is 0. The molecule has 3 rings (SSSR count). The monoisotopic (exact) mass is 262 g/mol. The Morgan fingerprint density at radius 3 is 2.05 bits per heavy atom. The molecule has 0 aliphatic carbocycles. The van der Waals surface area contributed by atoms with Crippen molar-refractivity contribution in [1.82, 2.24) is 0 Å². The van der Waals surface area contributed by atoms with E-state index in [-0.39, 0.29) is 0 Å². The highest BCUT2D eigenvalue weighted by Gasteiger charge is 2.12. The van der Waals surface area contributed by atoms with E-state index >= 15 is 0 Å². The molecule has 0 saturated carbocycles. The van der Waals surface area contributed by atoms with Gasteiger partial charge in [0.15, 0.2) is 0 Å². The first-order valence-corrected chi connectivity index (χ1v) is 7.44. The van der Waals surface area contributed by atoms with Gasteiger partial charge in [-0.2, -0.15) is 0 Å². The summed E-state index contributed by atoms with van der Waals surface area (Å²) in [6, 6.07) is 19.9. The molecule has 0 N–H and O–H groups in total. The van der Waals surface area contributed by atoms with Crippen LogP contribution in [0.25, 0.3) is 21.5 Å². The Hall–Kier alpha value is -1.82. The molecule has 3 aromatic rings. The van der Waals surface area contributed by atoms with E-state index in [2.05, 4.69) is 75.4 Å². The second-order valence-electron chi connectivity index (χ2n) is 6.86. The summed E-state index contributed by atoms with van der Waals surface area (Å²) in [6.07, 6.45) is 2.37. The summed E-state index contributed by atoms with van der Waals surface area (Å²) in [5, 5.41) is 5.52. The molecule has 0 atom stereocenters. The van der Waals surface area contributed by atoms with E-state index in [1.807, 2.05) is 0 Å². The van der Waals surface area contributed by atoms with Crippen LogP contribution in [0.5, 0.6) is 0 Å². The third kappa shape index (κ3) is 2.56. The first-order chi connectivity index (χ1) is 9.54. The van der Waals surface area contributed by atoms with E-state index < -0.39 is 0 Å². The predicted molar refractivity (Wildman–Crippen MR) is 89.2 cm³/mol. The van der Waals surface area contributed by atoms with E-state index in [0.29, 0.717) is 5.41 Å². The zero-order valence-electron chi connectivity index (χ0n) is 12.6. The Morgan fingerprint density at radius 1 is 0.750 bits per heavy atom. The van der Waals surface area contributed by atoms with Gasteiger partial charge in [-0.25, -0.2) is 0 Å². The molecule has 102 valence electrons. The van der Waals surface area contributed by atoms with Crippen LogP contribution in [-0.2, 0) is 6.42 Å². The van der Waals surface area contributed by atoms with Gasteiger partial charge in [-0.3, -0.25) is 0 Å². The third-order valence-corrected chi connectivity index (χ3v) is 4.00. The maximum absolute atomic E-state index is 2.38. The molecule has 0 unspecified atom stereocenters. The van der Waals surface area contributed by atoms with Gasteiger partial charge in [0, 0.05) is 0 Å². The summed E-state index contributed by atoms with van der Waals surface area (Å²) in [7, 11) is 0. The van der Waals surface area contributed by atoms with Crippen molar-refractivity contribution in [2.24, 2.45) is 5.41 Å². The molecule has 0 heterocycles. The first kappa shape index (κ1) is 13.2. The number of benzene rings is 3. The van der Waals surface area contributed by atoms with Gasteiger partial charge in [0.05, 0.1) is 0 Å². The maximum atomic E-state index is 2.38. The molecular formula is C20H22. The molecule has 20 heavy (non-hydrogen) atoms. The Morgan fingerprint density at radius 2 is 1.35 bits per heavy atom. The first-order valence-electron chi connectivity index (χ1n) is 7.44. The Kier molecular flexibility index (Phi) is 3.25. The largest absolute Gasteiger partial charge is 0.0616 e. The van der Waals surface area contributed by atoms with Crippen molar-refractivity contribution >= 4 is 21.5 Å². The quantitative estimate of drug-likeness (QED) is 0.499. The van der Waals surface area contributed by atoms with Crippen molar-refractivity contribution in [3.63, 3.8) is 0 Å². The lowest BCUT2D eigenvalue weighted by Gasteiger charge is -2.19. The van der Waals surface area contributed by atoms with E-state index in [4.69, 9.17) is 0 Å². The summed E-state index contributed by atoms with van der Waals surface area (Å²) in [6.45, 7) is 6.95. The van der Waals surface area contributed by atoms with Crippen LogP contribution in [0, 0.1) is 5.41 Å². The zero-order chi connectivity index (χ0) is 14.2. The molecule has 0 aliphatic rings. The lowest BCUT2D eigenvalue weighted by molar-refractivity contribution is 0.379. The van der Waals surface area contributed by atoms with Crippen LogP contribution in [0.4, 0.5) is 0 Å². The number of fused-ring (bicyclic) bond motifs is 3. The minimum Gasteiger partial charge on any atom is -0.0616 e. The minimum atomic E-state index is 0.382. The lowest BCUT2D eigenvalue weighted by atomic mass is 9.86. The Labute approximate surface area is 121 Å². The molecule has 0 spiro atoms. The standard InChI is InChI=1S/C20H22/c1-20(2,3)13-12-16-14-15-8-4-5-9-17(15)19-11-7-6-10-18(16)19/h4-11,14H,12-13H2,1-3H3. The van der Waals surface area contributed by atoms with E-state index in [1.54, 1.807) is 0 Å². The summed E-state index contributed by atoms with van der Waals surface area (Å²) in [5.41, 5.74) is 1.86. The van der Waals surface area contributed by atoms with Crippen molar-refractivity contribution in [3.05, 3.63) is 60.2 Å². The SMILES string of the molecule is CC(C)(C)CCc1cc2ccccc2c2ccccc12. The highest BCUT2D eigenvalue weighted by atomic mass is 14.2. The summed E-state index contributed by atoms with van der Waals surface area (Å²) < 4.78 is 0. The van der Waals surface area contributed by atoms with E-state index in [0.717, 1.165) is 6.42 Å². The van der Waals surface area contributed by atoms with Gasteiger partial charge in [-0.05, 0) is 45.4 Å². The molecule has 0 saturated heterocycles. The van der Waals surface area contributed by atoms with Crippen molar-refractivity contribution in [2.75, 3.05) is 0 Å². The maximum Gasteiger partial charge on any atom is -0.0103 e. The van der Waals surface area contributed by atoms with Crippen molar-refractivity contribution < 1.29 is 0 Å². The van der Waals surface area contributed by atoms with E-state index in [9.17, 15) is 0 Å². The fraction of sp³-hybridized carbons (Fsp3) is 0.300. The Bertz CT molecular complexity index is 745. The molecule has 0 nitrogen and oxygen atoms in total. The predicted octanol–water partition coefficient (Wildman–Crippen LogP) is 5.97. The second-order valence-corrected chi connectivity index (χ2v) is 6.86. The van der Waals surface area contributed by atoms with Crippen LogP contribution in [0.2, 0.25) is 0 Å². The average molecular weight is 262 g/mol. The second kappa shape index (κ2) is 4.94. The minimum absolute atomic E-state index is 0.382. The molecule has 0 aliphatic heterocycles. The molecule has 3 aromatic carbocycles. The van der Waals surface area contributed by atoms with Crippen LogP contribution in [-0.4, -0.2) is 0 Å². The van der Waals surface area contributed by atoms with Gasteiger partial charge in [-0.15, -0.1) is 0 Å². The van der Waals surface area contributed by atoms with E-state index in [1.165, 1.54) is 33.5 Å². The van der Waals surface area contributed by atoms with Crippen LogP contribution in [0.15, 0.2) is 54.6 Å². The van der Waals surface area contributed by atoms with Crippen molar-refractivity contribution in [3.8, 4) is 0 Å². The third-order valence-electron chi connectivity index (χ3n) is 4.00. The molecule has 0 radical (unpaired) electrons. The van der Waals surface area contributed by atoms with Gasteiger partial charge in [-0.1, -0.05) is 75.4 Å². The normalized spacial score (nSPS) is 12.2. The fourth-order valence-electron chi connectivity index (χ4n) is 2.85. The van der Waals surface area contributed by atoms with Gasteiger partial charge in [0.25, 0.3) is 0 Å². The molecule has 0 heteroatoms. The zero-order valence-corrected chi connectivity index (χ0v) is 12.6. The van der Waals surface area contributed by atoms with Crippen LogP contribution >= 0.6 is 0 Å². The van der Waals surface area contributed by atoms with Gasteiger partial charge < -0.3 is 0 Å². The molecule has 0 fully saturated rings. The topological polar surface area (TPSA) is 0 Å².